The number of carboxylic acids is 6. The standard InChI is InChI=1S/C20H25N3O.C6H14N4O2.C6H9N3O2.C5H9NO3.C4H9NO3.C3H7NO3.C2H5NO2/c1-4-23(5-2)20(24)14-9-16-15-7-6-8-17-19(15)13(11-21-17)10-18(16)22(3)12-14;7-4(5(11)12)2-1-3-10-6(8)9;7-5(6(10)11)1-4-2-8-3-9-4;7-3-1-4(5(8)9)6-2-3;1-2(6)3(5)4(7)8;4-2(1-5)3(6)7;3-1-2(4)5/h6-9,11,14,18,21H,4-5,10,12H2,1-3H3;4H,1-3,7H2,(H,11,12)(H4,8,9,10);2-3,5H,1,7H2,(H,8,9)(H,10,11);3-4,6-7H,1-2H2,(H,8,9);2-3,6H,5H2,1H3,(H,7,8);2,5H,1,4H2,(H,6,7);1,3H2,(H,4,5)/t14-,18-;;5-;;2-,3+;2-;/m1.0.10./s1. The number of aromatic nitrogens is 3. The highest BCUT2D eigenvalue weighted by Gasteiger charge is 2.36. The molecular weight excluding hydrogens is 1000 g/mol. The van der Waals surface area contributed by atoms with E-state index in [1.54, 1.807) is 6.20 Å². The lowest BCUT2D eigenvalue weighted by atomic mass is 9.79. The maximum absolute atomic E-state index is 12.9. The topological polar surface area (TPSA) is 557 Å². The molecule has 2 aromatic heterocycles. The molecule has 76 heavy (non-hydrogen) atoms. The van der Waals surface area contributed by atoms with E-state index in [1.165, 1.54) is 40.9 Å². The molecule has 0 radical (unpaired) electrons. The van der Waals surface area contributed by atoms with Crippen LogP contribution in [0, 0.1) is 11.3 Å². The number of aliphatic hydroxyl groups is 3. The molecule has 428 valence electrons. The van der Waals surface area contributed by atoms with E-state index in [0.717, 1.165) is 31.7 Å². The number of carboxylic acid groups (broad SMARTS) is 6. The fraction of sp³-hybridized carbons (Fsp3) is 0.543. The quantitative estimate of drug-likeness (QED) is 0.0347. The van der Waals surface area contributed by atoms with Gasteiger partial charge in [-0.25, -0.2) is 4.98 Å². The van der Waals surface area contributed by atoms with E-state index < -0.39 is 84.8 Å². The van der Waals surface area contributed by atoms with Crippen LogP contribution in [0.5, 0.6) is 0 Å². The number of carbonyl (C=O) groups excluding carboxylic acids is 1. The molecule has 3 aliphatic rings. The van der Waals surface area contributed by atoms with Gasteiger partial charge in [0.05, 0.1) is 37.6 Å². The number of carbonyl (C=O) groups is 7. The third-order valence-electron chi connectivity index (χ3n) is 11.2. The van der Waals surface area contributed by atoms with Gasteiger partial charge in [-0.15, -0.1) is 0 Å². The molecule has 1 amide bonds. The Morgan fingerprint density at radius 1 is 0.921 bits per heavy atom. The van der Waals surface area contributed by atoms with Crippen LogP contribution in [0.15, 0.2) is 43.0 Å². The summed E-state index contributed by atoms with van der Waals surface area (Å²) in [6, 6.07) is 2.32. The van der Waals surface area contributed by atoms with Crippen LogP contribution in [0.2, 0.25) is 0 Å². The third-order valence-corrected chi connectivity index (χ3v) is 11.2. The number of likely N-dealkylation sites (N-methyl/N-ethyl adjacent to an activating group) is 1. The van der Waals surface area contributed by atoms with E-state index in [2.05, 4.69) is 87.6 Å². The number of aromatic amines is 2. The number of aliphatic hydroxyl groups excluding tert-OH is 3. The highest BCUT2D eigenvalue weighted by atomic mass is 16.4. The first-order valence-corrected chi connectivity index (χ1v) is 23.7. The number of hydrogen-bond donors (Lipinski definition) is 20. The monoisotopic (exact) mass is 1080 g/mol. The maximum atomic E-state index is 12.9. The number of nitrogens with one attached hydrogen (secondary N) is 5. The first-order chi connectivity index (χ1) is 35.6. The zero-order valence-corrected chi connectivity index (χ0v) is 42.9. The Balaban J connectivity index is 0.000000931. The smallest absolute Gasteiger partial charge is 0.323 e. The zero-order valence-electron chi connectivity index (χ0n) is 42.9. The second-order valence-corrected chi connectivity index (χ2v) is 17.1. The number of imidazole rings is 1. The average Bonchev–Trinajstić information content (AvgIpc) is 4.16. The molecular formula is C46H78N14O16. The van der Waals surface area contributed by atoms with Crippen molar-refractivity contribution in [2.75, 3.05) is 52.9 Å². The van der Waals surface area contributed by atoms with Crippen LogP contribution >= 0.6 is 0 Å². The highest BCUT2D eigenvalue weighted by Crippen LogP contribution is 2.41. The minimum absolute atomic E-state index is 0.0445. The summed E-state index contributed by atoms with van der Waals surface area (Å²) in [4.78, 5) is 86.5. The minimum Gasteiger partial charge on any atom is -0.480 e. The van der Waals surface area contributed by atoms with Crippen LogP contribution in [-0.4, -0.2) is 220 Å². The molecule has 0 bridgehead atoms. The van der Waals surface area contributed by atoms with Gasteiger partial charge in [0.2, 0.25) is 5.91 Å². The van der Waals surface area contributed by atoms with Crippen molar-refractivity contribution >= 4 is 64.2 Å². The summed E-state index contributed by atoms with van der Waals surface area (Å²) in [5, 5.41) is 87.4. The van der Waals surface area contributed by atoms with Gasteiger partial charge in [-0.05, 0) is 69.8 Å². The van der Waals surface area contributed by atoms with Crippen LogP contribution in [0.3, 0.4) is 0 Å². The number of amides is 1. The van der Waals surface area contributed by atoms with Gasteiger partial charge in [-0.3, -0.25) is 43.9 Å². The molecule has 9 atom stereocenters. The van der Waals surface area contributed by atoms with Crippen molar-refractivity contribution in [2.45, 2.75) is 101 Å². The molecule has 4 heterocycles. The molecule has 30 nitrogen and oxygen atoms in total. The number of nitrogens with zero attached hydrogens (tertiary/aromatic N) is 3. The van der Waals surface area contributed by atoms with Gasteiger partial charge in [0, 0.05) is 80.6 Å². The summed E-state index contributed by atoms with van der Waals surface area (Å²) in [7, 11) is 2.15. The van der Waals surface area contributed by atoms with Crippen LogP contribution in [0.1, 0.15) is 56.9 Å². The van der Waals surface area contributed by atoms with E-state index in [-0.39, 0.29) is 30.8 Å². The SMILES string of the molecule is CCN(CC)C(=O)[C@@H]1C=C2c3cccc4[nH]cc(c34)C[C@H]2N(C)C1.C[C@@H](O)[C@H](N)C(=O)O.N=C(N)NCCCC(N)C(=O)O.NCC(=O)O.N[C@@H](CO)C(=O)O.N[C@@H](Cc1cnc[nH]1)C(=O)O.O=C(O)C1CC(O)CN1. The Labute approximate surface area is 438 Å². The molecule has 1 aliphatic carbocycles. The van der Waals surface area contributed by atoms with E-state index in [1.807, 2.05) is 4.90 Å². The Morgan fingerprint density at radius 3 is 1.91 bits per heavy atom. The number of hydrogen-bond acceptors (Lipinski definition) is 19. The zero-order chi connectivity index (χ0) is 58.4. The van der Waals surface area contributed by atoms with Crippen LogP contribution in [0.4, 0.5) is 0 Å². The summed E-state index contributed by atoms with van der Waals surface area (Å²) >= 11 is 0. The second kappa shape index (κ2) is 36.0. The van der Waals surface area contributed by atoms with E-state index >= 15 is 0 Å². The van der Waals surface area contributed by atoms with E-state index in [4.69, 9.17) is 80.0 Å². The number of benzene rings is 1. The predicted molar refractivity (Wildman–Crippen MR) is 277 cm³/mol. The number of H-pyrrole nitrogens is 2. The number of rotatable bonds is 17. The van der Waals surface area contributed by atoms with Crippen molar-refractivity contribution in [1.29, 1.82) is 5.41 Å². The molecule has 0 spiro atoms. The summed E-state index contributed by atoms with van der Waals surface area (Å²) in [6.07, 6.45) is 8.59. The lowest BCUT2D eigenvalue weighted by Gasteiger charge is -2.40. The fourth-order valence-corrected chi connectivity index (χ4v) is 6.95. The molecule has 1 fully saturated rings. The highest BCUT2D eigenvalue weighted by molar-refractivity contribution is 5.99. The molecule has 1 saturated heterocycles. The number of β-amino-alcohol motifs (C(OH)–C–C–N with tert-alkyl or cyclic N) is 1. The number of guanidine groups is 1. The first-order valence-electron chi connectivity index (χ1n) is 23.7. The summed E-state index contributed by atoms with van der Waals surface area (Å²) in [5.74, 6) is -6.11. The molecule has 2 aliphatic heterocycles. The molecule has 3 aromatic rings. The molecule has 1 aromatic carbocycles. The van der Waals surface area contributed by atoms with Gasteiger partial charge in [-0.2, -0.15) is 0 Å². The molecule has 0 saturated carbocycles. The van der Waals surface area contributed by atoms with Crippen molar-refractivity contribution in [2.24, 2.45) is 40.3 Å². The third kappa shape index (κ3) is 25.4. The van der Waals surface area contributed by atoms with Crippen molar-refractivity contribution in [3.05, 3.63) is 59.8 Å². The van der Waals surface area contributed by atoms with Gasteiger partial charge in [-0.1, -0.05) is 18.2 Å². The lowest BCUT2D eigenvalue weighted by molar-refractivity contribution is -0.141. The van der Waals surface area contributed by atoms with Crippen molar-refractivity contribution in [3.8, 4) is 0 Å². The lowest BCUT2D eigenvalue weighted by Crippen LogP contribution is -2.47. The fourth-order valence-electron chi connectivity index (χ4n) is 6.95. The summed E-state index contributed by atoms with van der Waals surface area (Å²) < 4.78 is 0. The van der Waals surface area contributed by atoms with E-state index in [9.17, 15) is 33.6 Å². The maximum Gasteiger partial charge on any atom is 0.323 e. The summed E-state index contributed by atoms with van der Waals surface area (Å²) in [5.41, 5.74) is 35.7. The second-order valence-electron chi connectivity index (χ2n) is 17.1. The molecule has 26 N–H and O–H groups in total. The van der Waals surface area contributed by atoms with Gasteiger partial charge in [0.15, 0.2) is 5.96 Å². The Hall–Kier alpha value is -7.13. The van der Waals surface area contributed by atoms with Crippen LogP contribution in [0.25, 0.3) is 16.5 Å². The molecule has 30 heteroatoms. The van der Waals surface area contributed by atoms with Gasteiger partial charge < -0.3 is 106 Å². The van der Waals surface area contributed by atoms with Crippen molar-refractivity contribution in [3.63, 3.8) is 0 Å². The Kier molecular flexibility index (Phi) is 32.6. The normalized spacial score (nSPS) is 18.7. The number of nitrogens with two attached hydrogens (primary N) is 6. The number of aliphatic carboxylic acids is 6. The average molecular weight is 1080 g/mol. The largest absolute Gasteiger partial charge is 0.480 e. The molecule has 6 rings (SSSR count). The number of fused-ring (bicyclic) bond motifs is 2. The summed E-state index contributed by atoms with van der Waals surface area (Å²) in [6.45, 7) is 7.90. The van der Waals surface area contributed by atoms with Gasteiger partial charge in [0.25, 0.3) is 0 Å². The van der Waals surface area contributed by atoms with Crippen LogP contribution < -0.4 is 45.0 Å². The Morgan fingerprint density at radius 2 is 1.51 bits per heavy atom. The van der Waals surface area contributed by atoms with Crippen LogP contribution in [-0.2, 0) is 46.4 Å². The molecule has 3 unspecified atom stereocenters. The van der Waals surface area contributed by atoms with Crippen molar-refractivity contribution in [1.82, 2.24) is 35.4 Å². The predicted octanol–water partition coefficient (Wildman–Crippen LogP) is -4.08. The van der Waals surface area contributed by atoms with E-state index in [0.29, 0.717) is 38.4 Å². The van der Waals surface area contributed by atoms with Gasteiger partial charge in [0.1, 0.15) is 30.2 Å². The van der Waals surface area contributed by atoms with Gasteiger partial charge >= 0.3 is 35.8 Å². The first kappa shape index (κ1) is 68.9. The Bertz CT molecular complexity index is 2310. The van der Waals surface area contributed by atoms with Crippen molar-refractivity contribution < 1.29 is 79.5 Å². The minimum atomic E-state index is -1.18.